The van der Waals surface area contributed by atoms with Gasteiger partial charge in [-0.1, -0.05) is 48.5 Å². The standard InChI is InChI=1S/C17H18N2O/c1-3-18-17(20)19(2)16-14-10-6-4-8-12(14)13-9-5-7-11-15(13)16/h4-11,16H,3H2,1-2H3,(H,18,20). The Labute approximate surface area is 119 Å². The minimum absolute atomic E-state index is 0.00560. The zero-order valence-electron chi connectivity index (χ0n) is 11.8. The van der Waals surface area contributed by atoms with Crippen LogP contribution in [0.2, 0.25) is 0 Å². The fourth-order valence-corrected chi connectivity index (χ4v) is 2.94. The molecule has 0 saturated carbocycles. The van der Waals surface area contributed by atoms with E-state index in [0.717, 1.165) is 0 Å². The Hall–Kier alpha value is -2.29. The highest BCUT2D eigenvalue weighted by atomic mass is 16.2. The zero-order chi connectivity index (χ0) is 14.1. The smallest absolute Gasteiger partial charge is 0.317 e. The van der Waals surface area contributed by atoms with Gasteiger partial charge in [-0.3, -0.25) is 0 Å². The molecule has 0 aliphatic heterocycles. The largest absolute Gasteiger partial charge is 0.338 e. The molecule has 102 valence electrons. The topological polar surface area (TPSA) is 32.3 Å². The van der Waals surface area contributed by atoms with Crippen LogP contribution in [0, 0.1) is 0 Å². The van der Waals surface area contributed by atoms with Crippen LogP contribution < -0.4 is 5.32 Å². The van der Waals surface area contributed by atoms with Crippen molar-refractivity contribution in [3.8, 4) is 11.1 Å². The molecule has 0 unspecified atom stereocenters. The second-order valence-corrected chi connectivity index (χ2v) is 5.02. The Balaban J connectivity index is 2.09. The van der Waals surface area contributed by atoms with Gasteiger partial charge in [-0.2, -0.15) is 0 Å². The number of amides is 2. The predicted molar refractivity (Wildman–Crippen MR) is 80.6 cm³/mol. The molecule has 0 fully saturated rings. The third kappa shape index (κ3) is 1.86. The fraction of sp³-hybridized carbons (Fsp3) is 0.235. The number of carbonyl (C=O) groups is 1. The van der Waals surface area contributed by atoms with Crippen LogP contribution in [0.1, 0.15) is 24.1 Å². The molecule has 0 bridgehead atoms. The van der Waals surface area contributed by atoms with E-state index in [1.807, 2.05) is 38.2 Å². The summed E-state index contributed by atoms with van der Waals surface area (Å²) in [6.45, 7) is 2.57. The molecule has 0 saturated heterocycles. The highest BCUT2D eigenvalue weighted by Gasteiger charge is 2.32. The number of hydrogen-bond acceptors (Lipinski definition) is 1. The van der Waals surface area contributed by atoms with E-state index in [0.29, 0.717) is 6.54 Å². The second-order valence-electron chi connectivity index (χ2n) is 5.02. The van der Waals surface area contributed by atoms with E-state index in [9.17, 15) is 4.79 Å². The molecule has 0 spiro atoms. The minimum Gasteiger partial charge on any atom is -0.338 e. The summed E-state index contributed by atoms with van der Waals surface area (Å²) < 4.78 is 0. The van der Waals surface area contributed by atoms with E-state index in [1.54, 1.807) is 4.90 Å². The Bertz CT molecular complexity index is 605. The van der Waals surface area contributed by atoms with E-state index in [1.165, 1.54) is 22.3 Å². The summed E-state index contributed by atoms with van der Waals surface area (Å²) >= 11 is 0. The lowest BCUT2D eigenvalue weighted by molar-refractivity contribution is 0.199. The molecule has 2 aromatic rings. The molecule has 3 rings (SSSR count). The van der Waals surface area contributed by atoms with Crippen molar-refractivity contribution in [1.82, 2.24) is 10.2 Å². The van der Waals surface area contributed by atoms with Crippen LogP contribution in [0.3, 0.4) is 0 Å². The highest BCUT2D eigenvalue weighted by Crippen LogP contribution is 2.45. The van der Waals surface area contributed by atoms with Gasteiger partial charge < -0.3 is 10.2 Å². The molecule has 3 nitrogen and oxygen atoms in total. The normalized spacial score (nSPS) is 12.7. The van der Waals surface area contributed by atoms with Gasteiger partial charge in [0, 0.05) is 13.6 Å². The first-order chi connectivity index (χ1) is 9.74. The molecule has 0 radical (unpaired) electrons. The quantitative estimate of drug-likeness (QED) is 0.887. The van der Waals surface area contributed by atoms with E-state index in [4.69, 9.17) is 0 Å². The maximum Gasteiger partial charge on any atom is 0.317 e. The van der Waals surface area contributed by atoms with E-state index < -0.39 is 0 Å². The van der Waals surface area contributed by atoms with E-state index >= 15 is 0 Å². The van der Waals surface area contributed by atoms with Gasteiger partial charge in [-0.25, -0.2) is 4.79 Å². The Kier molecular flexibility index (Phi) is 3.18. The van der Waals surface area contributed by atoms with Crippen molar-refractivity contribution < 1.29 is 4.79 Å². The van der Waals surface area contributed by atoms with Gasteiger partial charge in [0.1, 0.15) is 0 Å². The number of urea groups is 1. The second kappa shape index (κ2) is 5.00. The molecule has 0 heterocycles. The SMILES string of the molecule is CCNC(=O)N(C)C1c2ccccc2-c2ccccc21. The zero-order valence-corrected chi connectivity index (χ0v) is 11.8. The van der Waals surface area contributed by atoms with E-state index in [-0.39, 0.29) is 12.1 Å². The molecular formula is C17H18N2O. The van der Waals surface area contributed by atoms with Crippen molar-refractivity contribution in [1.29, 1.82) is 0 Å². The molecule has 2 amide bonds. The summed E-state index contributed by atoms with van der Waals surface area (Å²) in [6.07, 6.45) is 0. The van der Waals surface area contributed by atoms with Crippen LogP contribution in [0.4, 0.5) is 4.79 Å². The maximum atomic E-state index is 12.2. The van der Waals surface area contributed by atoms with Crippen molar-refractivity contribution in [2.45, 2.75) is 13.0 Å². The lowest BCUT2D eigenvalue weighted by Crippen LogP contribution is -2.39. The third-order valence-corrected chi connectivity index (χ3v) is 3.84. The number of rotatable bonds is 2. The molecule has 1 aliphatic carbocycles. The Morgan fingerprint density at radius 2 is 1.55 bits per heavy atom. The number of nitrogens with one attached hydrogen (secondary N) is 1. The van der Waals surface area contributed by atoms with Gasteiger partial charge in [0.15, 0.2) is 0 Å². The monoisotopic (exact) mass is 266 g/mol. The van der Waals surface area contributed by atoms with Gasteiger partial charge in [0.25, 0.3) is 0 Å². The average molecular weight is 266 g/mol. The van der Waals surface area contributed by atoms with Gasteiger partial charge in [-0.05, 0) is 29.2 Å². The molecule has 0 atom stereocenters. The van der Waals surface area contributed by atoms with Crippen LogP contribution in [-0.2, 0) is 0 Å². The van der Waals surface area contributed by atoms with Crippen LogP contribution in [-0.4, -0.2) is 24.5 Å². The summed E-state index contributed by atoms with van der Waals surface area (Å²) in [5, 5.41) is 2.87. The molecule has 20 heavy (non-hydrogen) atoms. The maximum absolute atomic E-state index is 12.2. The van der Waals surface area contributed by atoms with Crippen LogP contribution >= 0.6 is 0 Å². The summed E-state index contributed by atoms with van der Waals surface area (Å²) in [4.78, 5) is 14.0. The summed E-state index contributed by atoms with van der Waals surface area (Å²) in [6, 6.07) is 16.6. The van der Waals surface area contributed by atoms with Crippen LogP contribution in [0.25, 0.3) is 11.1 Å². The average Bonchev–Trinajstić information content (AvgIpc) is 2.81. The number of carbonyl (C=O) groups excluding carboxylic acids is 1. The number of hydrogen-bond donors (Lipinski definition) is 1. The first-order valence-electron chi connectivity index (χ1n) is 6.93. The lowest BCUT2D eigenvalue weighted by Gasteiger charge is -2.26. The fourth-order valence-electron chi connectivity index (χ4n) is 2.94. The first-order valence-corrected chi connectivity index (χ1v) is 6.93. The van der Waals surface area contributed by atoms with Gasteiger partial charge in [-0.15, -0.1) is 0 Å². The third-order valence-electron chi connectivity index (χ3n) is 3.84. The molecule has 1 N–H and O–H groups in total. The van der Waals surface area contributed by atoms with Crippen molar-refractivity contribution in [2.75, 3.05) is 13.6 Å². The van der Waals surface area contributed by atoms with Crippen LogP contribution in [0.15, 0.2) is 48.5 Å². The molecular weight excluding hydrogens is 248 g/mol. The molecule has 1 aliphatic rings. The van der Waals surface area contributed by atoms with Gasteiger partial charge >= 0.3 is 6.03 Å². The number of benzene rings is 2. The van der Waals surface area contributed by atoms with Gasteiger partial charge in [0.2, 0.25) is 0 Å². The van der Waals surface area contributed by atoms with Crippen molar-refractivity contribution in [3.63, 3.8) is 0 Å². The molecule has 0 aromatic heterocycles. The lowest BCUT2D eigenvalue weighted by atomic mass is 10.0. The number of nitrogens with zero attached hydrogens (tertiary/aromatic N) is 1. The van der Waals surface area contributed by atoms with E-state index in [2.05, 4.69) is 29.6 Å². The van der Waals surface area contributed by atoms with Crippen molar-refractivity contribution >= 4 is 6.03 Å². The van der Waals surface area contributed by atoms with Gasteiger partial charge in [0.05, 0.1) is 6.04 Å². The predicted octanol–water partition coefficient (Wildman–Crippen LogP) is 3.42. The first kappa shape index (κ1) is 12.7. The Morgan fingerprint density at radius 1 is 1.05 bits per heavy atom. The van der Waals surface area contributed by atoms with Crippen LogP contribution in [0.5, 0.6) is 0 Å². The molecule has 2 aromatic carbocycles. The minimum atomic E-state index is -0.0380. The van der Waals surface area contributed by atoms with Crippen molar-refractivity contribution in [3.05, 3.63) is 59.7 Å². The summed E-state index contributed by atoms with van der Waals surface area (Å²) in [5.74, 6) is 0. The highest BCUT2D eigenvalue weighted by molar-refractivity contribution is 5.82. The molecule has 3 heteroatoms. The van der Waals surface area contributed by atoms with Crippen molar-refractivity contribution in [2.24, 2.45) is 0 Å². The summed E-state index contributed by atoms with van der Waals surface area (Å²) in [7, 11) is 1.86. The number of fused-ring (bicyclic) bond motifs is 3. The summed E-state index contributed by atoms with van der Waals surface area (Å²) in [5.41, 5.74) is 4.85. The Morgan fingerprint density at radius 3 is 2.05 bits per heavy atom.